The molecule has 1 atom stereocenters. The van der Waals surface area contributed by atoms with Gasteiger partial charge in [0.1, 0.15) is 0 Å². The van der Waals surface area contributed by atoms with Gasteiger partial charge in [0.05, 0.1) is 17.9 Å². The second-order valence-electron chi connectivity index (χ2n) is 4.33. The zero-order valence-electron chi connectivity index (χ0n) is 9.19. The summed E-state index contributed by atoms with van der Waals surface area (Å²) in [5.41, 5.74) is 0. The molecule has 0 aliphatic carbocycles. The predicted molar refractivity (Wildman–Crippen MR) is 61.8 cm³/mol. The van der Waals surface area contributed by atoms with Crippen LogP contribution in [0.25, 0.3) is 0 Å². The molecule has 1 aromatic rings. The number of hydrogen-bond acceptors (Lipinski definition) is 2. The number of halogens is 1. The van der Waals surface area contributed by atoms with Gasteiger partial charge >= 0.3 is 0 Å². The molecule has 0 aromatic carbocycles. The van der Waals surface area contributed by atoms with Gasteiger partial charge in [-0.25, -0.2) is 0 Å². The van der Waals surface area contributed by atoms with Crippen LogP contribution < -0.4 is 0 Å². The minimum absolute atomic E-state index is 0.721. The molecule has 1 aliphatic heterocycles. The van der Waals surface area contributed by atoms with Crippen molar-refractivity contribution in [2.75, 3.05) is 13.1 Å². The second-order valence-corrected chi connectivity index (χ2v) is 4.77. The Morgan fingerprint density at radius 2 is 2.47 bits per heavy atom. The summed E-state index contributed by atoms with van der Waals surface area (Å²) in [6.07, 6.45) is 7.57. The topological polar surface area (TPSA) is 21.1 Å². The van der Waals surface area contributed by atoms with Gasteiger partial charge in [-0.05, 0) is 25.3 Å². The minimum Gasteiger partial charge on any atom is -0.284 e. The number of aromatic nitrogens is 2. The average molecular weight is 228 g/mol. The molecule has 0 radical (unpaired) electrons. The van der Waals surface area contributed by atoms with Crippen LogP contribution in [0, 0.1) is 5.92 Å². The molecule has 0 spiro atoms. The molecule has 15 heavy (non-hydrogen) atoms. The summed E-state index contributed by atoms with van der Waals surface area (Å²) in [4.78, 5) is 2.46. The Morgan fingerprint density at radius 3 is 3.13 bits per heavy atom. The number of nitrogens with zero attached hydrogens (tertiary/aromatic N) is 3. The smallest absolute Gasteiger partial charge is 0.0929 e. The third-order valence-electron chi connectivity index (χ3n) is 3.13. The summed E-state index contributed by atoms with van der Waals surface area (Å²) < 4.78 is 1.92. The summed E-state index contributed by atoms with van der Waals surface area (Å²) in [6, 6.07) is 0. The van der Waals surface area contributed by atoms with Gasteiger partial charge < -0.3 is 0 Å². The zero-order valence-corrected chi connectivity index (χ0v) is 9.95. The maximum absolute atomic E-state index is 5.83. The van der Waals surface area contributed by atoms with Crippen molar-refractivity contribution in [3.63, 3.8) is 0 Å². The molecule has 0 saturated carbocycles. The fourth-order valence-electron chi connectivity index (χ4n) is 2.23. The lowest BCUT2D eigenvalue weighted by Crippen LogP contribution is -2.36. The highest BCUT2D eigenvalue weighted by Crippen LogP contribution is 2.19. The van der Waals surface area contributed by atoms with E-state index in [4.69, 9.17) is 11.6 Å². The minimum atomic E-state index is 0.721. The summed E-state index contributed by atoms with van der Waals surface area (Å²) in [5, 5.41) is 4.93. The number of piperidine rings is 1. The molecule has 0 bridgehead atoms. The molecule has 3 nitrogen and oxygen atoms in total. The maximum Gasteiger partial charge on any atom is 0.0929 e. The summed E-state index contributed by atoms with van der Waals surface area (Å²) >= 11 is 5.83. The molecule has 1 fully saturated rings. The van der Waals surface area contributed by atoms with E-state index in [9.17, 15) is 0 Å². The standard InChI is InChI=1S/C11H18ClN3/c1-2-10-4-3-5-14(7-10)9-15-8-11(12)6-13-15/h6,8,10H,2-5,7,9H2,1H3. The highest BCUT2D eigenvalue weighted by molar-refractivity contribution is 6.30. The highest BCUT2D eigenvalue weighted by atomic mass is 35.5. The van der Waals surface area contributed by atoms with Gasteiger partial charge in [0.25, 0.3) is 0 Å². The Morgan fingerprint density at radius 1 is 1.60 bits per heavy atom. The molecule has 4 heteroatoms. The van der Waals surface area contributed by atoms with E-state index in [1.165, 1.54) is 32.4 Å². The second kappa shape index (κ2) is 4.99. The summed E-state index contributed by atoms with van der Waals surface area (Å²) in [5.74, 6) is 0.866. The molecule has 84 valence electrons. The molecule has 1 unspecified atom stereocenters. The van der Waals surface area contributed by atoms with Gasteiger partial charge in [-0.1, -0.05) is 24.9 Å². The summed E-state index contributed by atoms with van der Waals surface area (Å²) in [7, 11) is 0. The van der Waals surface area contributed by atoms with Crippen molar-refractivity contribution in [1.29, 1.82) is 0 Å². The average Bonchev–Trinajstić information content (AvgIpc) is 2.64. The van der Waals surface area contributed by atoms with E-state index in [0.717, 1.165) is 17.6 Å². The van der Waals surface area contributed by atoms with Crippen molar-refractivity contribution in [2.45, 2.75) is 32.9 Å². The fraction of sp³-hybridized carbons (Fsp3) is 0.727. The third-order valence-corrected chi connectivity index (χ3v) is 3.32. The van der Waals surface area contributed by atoms with Crippen molar-refractivity contribution in [1.82, 2.24) is 14.7 Å². The lowest BCUT2D eigenvalue weighted by Gasteiger charge is -2.31. The maximum atomic E-state index is 5.83. The van der Waals surface area contributed by atoms with Crippen LogP contribution in [0.5, 0.6) is 0 Å². The van der Waals surface area contributed by atoms with Crippen molar-refractivity contribution in [3.8, 4) is 0 Å². The number of likely N-dealkylation sites (tertiary alicyclic amines) is 1. The van der Waals surface area contributed by atoms with E-state index in [1.54, 1.807) is 6.20 Å². The van der Waals surface area contributed by atoms with E-state index in [2.05, 4.69) is 16.9 Å². The molecule has 1 aromatic heterocycles. The molecule has 1 saturated heterocycles. The van der Waals surface area contributed by atoms with E-state index in [0.29, 0.717) is 0 Å². The van der Waals surface area contributed by atoms with Crippen molar-refractivity contribution in [3.05, 3.63) is 17.4 Å². The first-order valence-electron chi connectivity index (χ1n) is 5.68. The zero-order chi connectivity index (χ0) is 10.7. The normalized spacial score (nSPS) is 23.2. The fourth-order valence-corrected chi connectivity index (χ4v) is 2.39. The van der Waals surface area contributed by atoms with Crippen LogP contribution in [0.4, 0.5) is 0 Å². The number of rotatable bonds is 3. The highest BCUT2D eigenvalue weighted by Gasteiger charge is 2.18. The summed E-state index contributed by atoms with van der Waals surface area (Å²) in [6.45, 7) is 5.55. The Kier molecular flexibility index (Phi) is 3.65. The van der Waals surface area contributed by atoms with Gasteiger partial charge in [0, 0.05) is 12.7 Å². The van der Waals surface area contributed by atoms with Gasteiger partial charge in [-0.3, -0.25) is 9.58 Å². The molecular formula is C11H18ClN3. The molecule has 0 amide bonds. The molecular weight excluding hydrogens is 210 g/mol. The van der Waals surface area contributed by atoms with Crippen LogP contribution >= 0.6 is 11.6 Å². The molecule has 2 heterocycles. The Bertz CT molecular complexity index is 311. The van der Waals surface area contributed by atoms with Crippen LogP contribution in [0.1, 0.15) is 26.2 Å². The van der Waals surface area contributed by atoms with Gasteiger partial charge in [0.15, 0.2) is 0 Å². The van der Waals surface area contributed by atoms with Crippen molar-refractivity contribution >= 4 is 11.6 Å². The van der Waals surface area contributed by atoms with Crippen LogP contribution in [0.3, 0.4) is 0 Å². The van der Waals surface area contributed by atoms with Crippen LogP contribution in [-0.2, 0) is 6.67 Å². The predicted octanol–water partition coefficient (Wildman–Crippen LogP) is 2.62. The lowest BCUT2D eigenvalue weighted by atomic mass is 9.96. The van der Waals surface area contributed by atoms with Crippen molar-refractivity contribution < 1.29 is 0 Å². The molecule has 1 aliphatic rings. The van der Waals surface area contributed by atoms with E-state index in [-0.39, 0.29) is 0 Å². The Hall–Kier alpha value is -0.540. The quantitative estimate of drug-likeness (QED) is 0.792. The molecule has 0 N–H and O–H groups in total. The van der Waals surface area contributed by atoms with E-state index in [1.807, 2.05) is 10.9 Å². The third kappa shape index (κ3) is 2.95. The van der Waals surface area contributed by atoms with Gasteiger partial charge in [-0.2, -0.15) is 5.10 Å². The monoisotopic (exact) mass is 227 g/mol. The van der Waals surface area contributed by atoms with Gasteiger partial charge in [-0.15, -0.1) is 0 Å². The Labute approximate surface area is 96.0 Å². The van der Waals surface area contributed by atoms with Crippen LogP contribution in [0.2, 0.25) is 5.02 Å². The first kappa shape index (κ1) is 11.0. The van der Waals surface area contributed by atoms with E-state index >= 15 is 0 Å². The van der Waals surface area contributed by atoms with Crippen LogP contribution in [0.15, 0.2) is 12.4 Å². The van der Waals surface area contributed by atoms with Gasteiger partial charge in [0.2, 0.25) is 0 Å². The first-order chi connectivity index (χ1) is 7.28. The lowest BCUT2D eigenvalue weighted by molar-refractivity contribution is 0.130. The SMILES string of the molecule is CCC1CCCN(Cn2cc(Cl)cn2)C1. The Balaban J connectivity index is 1.88. The van der Waals surface area contributed by atoms with Crippen molar-refractivity contribution in [2.24, 2.45) is 5.92 Å². The van der Waals surface area contributed by atoms with E-state index < -0.39 is 0 Å². The number of hydrogen-bond donors (Lipinski definition) is 0. The molecule has 2 rings (SSSR count). The first-order valence-corrected chi connectivity index (χ1v) is 6.06. The van der Waals surface area contributed by atoms with Crippen LogP contribution in [-0.4, -0.2) is 27.8 Å². The largest absolute Gasteiger partial charge is 0.284 e.